The molecule has 2 bridgehead atoms. The Morgan fingerprint density at radius 3 is 2.31 bits per heavy atom. The van der Waals surface area contributed by atoms with E-state index < -0.39 is 35.5 Å². The Kier molecular flexibility index (Phi) is 8.29. The van der Waals surface area contributed by atoms with Crippen LogP contribution in [0.3, 0.4) is 0 Å². The third-order valence-corrected chi connectivity index (χ3v) is 6.73. The number of hydrogen-bond donors (Lipinski definition) is 1. The van der Waals surface area contributed by atoms with E-state index in [9.17, 15) is 14.4 Å². The molecule has 3 aliphatic rings. The van der Waals surface area contributed by atoms with Crippen molar-refractivity contribution >= 4 is 18.2 Å². The minimum Gasteiger partial charge on any atom is -0.444 e. The van der Waals surface area contributed by atoms with E-state index in [1.807, 2.05) is 0 Å². The number of ether oxygens (including phenoxy) is 2. The molecule has 4 atom stereocenters. The van der Waals surface area contributed by atoms with E-state index in [1.54, 1.807) is 46.4 Å². The van der Waals surface area contributed by atoms with Gasteiger partial charge in [-0.05, 0) is 67.2 Å². The first-order chi connectivity index (χ1) is 18.3. The number of fused-ring (bicyclic) bond motifs is 2. The average Bonchev–Trinajstić information content (AvgIpc) is 3.51. The first-order valence-corrected chi connectivity index (χ1v) is 13.8. The van der Waals surface area contributed by atoms with Gasteiger partial charge in [0.1, 0.15) is 23.3 Å². The fourth-order valence-corrected chi connectivity index (χ4v) is 5.05. The van der Waals surface area contributed by atoms with E-state index in [0.717, 1.165) is 19.3 Å². The van der Waals surface area contributed by atoms with E-state index >= 15 is 0 Å². The zero-order valence-corrected chi connectivity index (χ0v) is 24.1. The molecule has 4 rings (SSSR count). The molecule has 4 amide bonds. The summed E-state index contributed by atoms with van der Waals surface area (Å²) in [7, 11) is 0. The Bertz CT molecular complexity index is 1050. The number of carbonyl (C=O) groups excluding carboxylic acids is 3. The van der Waals surface area contributed by atoms with Crippen LogP contribution in [-0.4, -0.2) is 86.3 Å². The van der Waals surface area contributed by atoms with Gasteiger partial charge in [-0.1, -0.05) is 13.3 Å². The molecule has 4 heterocycles. The second-order valence-corrected chi connectivity index (χ2v) is 12.4. The van der Waals surface area contributed by atoms with Crippen LogP contribution in [0, 0.1) is 0 Å². The highest BCUT2D eigenvalue weighted by atomic mass is 16.7. The SMILES string of the molecule is CCCCON1C(=O)N2C[C@@H]1CC[C@H]2c1nnc([C@@H]2C[C@H](NC(=O)OC(C)(C)C)CN2C(=O)OC(C)(C)C)o1. The molecular formula is C26H42N6O7. The zero-order chi connectivity index (χ0) is 28.5. The molecule has 13 heteroatoms. The van der Waals surface area contributed by atoms with Gasteiger partial charge in [-0.2, -0.15) is 5.06 Å². The van der Waals surface area contributed by atoms with E-state index in [-0.39, 0.29) is 30.6 Å². The topological polar surface area (TPSA) is 140 Å². The summed E-state index contributed by atoms with van der Waals surface area (Å²) in [5.41, 5.74) is -1.37. The minimum absolute atomic E-state index is 0.00479. The van der Waals surface area contributed by atoms with Gasteiger partial charge >= 0.3 is 18.2 Å². The van der Waals surface area contributed by atoms with E-state index in [4.69, 9.17) is 18.7 Å². The van der Waals surface area contributed by atoms with Crippen LogP contribution in [0.4, 0.5) is 14.4 Å². The van der Waals surface area contributed by atoms with Gasteiger partial charge < -0.3 is 24.1 Å². The first-order valence-electron chi connectivity index (χ1n) is 13.8. The number of nitrogens with zero attached hydrogens (tertiary/aromatic N) is 5. The van der Waals surface area contributed by atoms with Crippen molar-refractivity contribution in [2.24, 2.45) is 0 Å². The smallest absolute Gasteiger partial charge is 0.411 e. The maximum absolute atomic E-state index is 13.1. The van der Waals surface area contributed by atoms with Crippen molar-refractivity contribution in [1.29, 1.82) is 0 Å². The molecule has 0 aromatic carbocycles. The summed E-state index contributed by atoms with van der Waals surface area (Å²) in [5, 5.41) is 12.9. The Labute approximate surface area is 229 Å². The fraction of sp³-hybridized carbons (Fsp3) is 0.808. The molecule has 0 unspecified atom stereocenters. The molecule has 1 N–H and O–H groups in total. The van der Waals surface area contributed by atoms with Crippen LogP contribution < -0.4 is 5.32 Å². The summed E-state index contributed by atoms with van der Waals surface area (Å²) in [4.78, 5) is 47.6. The van der Waals surface area contributed by atoms with Gasteiger partial charge in [-0.25, -0.2) is 14.4 Å². The van der Waals surface area contributed by atoms with Crippen molar-refractivity contribution in [3.63, 3.8) is 0 Å². The molecule has 0 spiro atoms. The predicted octanol–water partition coefficient (Wildman–Crippen LogP) is 4.32. The summed E-state index contributed by atoms with van der Waals surface area (Å²) in [5.74, 6) is 0.550. The lowest BCUT2D eigenvalue weighted by atomic mass is 10.0. The third-order valence-electron chi connectivity index (χ3n) is 6.73. The van der Waals surface area contributed by atoms with Crippen molar-refractivity contribution < 1.29 is 33.1 Å². The second kappa shape index (κ2) is 11.2. The Hall–Kier alpha value is -3.09. The van der Waals surface area contributed by atoms with Crippen LogP contribution in [0.5, 0.6) is 0 Å². The van der Waals surface area contributed by atoms with Crippen LogP contribution in [0.15, 0.2) is 4.42 Å². The second-order valence-electron chi connectivity index (χ2n) is 12.4. The maximum atomic E-state index is 13.1. The highest BCUT2D eigenvalue weighted by Crippen LogP contribution is 2.40. The number of amides is 4. The van der Waals surface area contributed by atoms with Crippen LogP contribution in [0.1, 0.15) is 104 Å². The van der Waals surface area contributed by atoms with Crippen LogP contribution in [0.25, 0.3) is 0 Å². The molecular weight excluding hydrogens is 508 g/mol. The number of likely N-dealkylation sites (tertiary alicyclic amines) is 1. The number of aromatic nitrogens is 2. The fourth-order valence-electron chi connectivity index (χ4n) is 5.05. The van der Waals surface area contributed by atoms with Gasteiger partial charge in [0, 0.05) is 13.1 Å². The number of alkyl carbamates (subject to hydrolysis) is 1. The highest BCUT2D eigenvalue weighted by molar-refractivity contribution is 5.77. The number of unbranched alkanes of at least 4 members (excludes halogenated alkanes) is 1. The van der Waals surface area contributed by atoms with Crippen LogP contribution >= 0.6 is 0 Å². The van der Waals surface area contributed by atoms with Crippen molar-refractivity contribution in [2.45, 2.75) is 116 Å². The van der Waals surface area contributed by atoms with E-state index in [2.05, 4.69) is 22.4 Å². The zero-order valence-electron chi connectivity index (χ0n) is 24.1. The summed E-state index contributed by atoms with van der Waals surface area (Å²) < 4.78 is 17.1. The van der Waals surface area contributed by atoms with Gasteiger partial charge in [0.2, 0.25) is 11.8 Å². The van der Waals surface area contributed by atoms with Crippen molar-refractivity contribution in [2.75, 3.05) is 19.7 Å². The van der Waals surface area contributed by atoms with E-state index in [1.165, 1.54) is 9.96 Å². The normalized spacial score (nSPS) is 25.3. The van der Waals surface area contributed by atoms with Crippen molar-refractivity contribution in [3.05, 3.63) is 11.8 Å². The lowest BCUT2D eigenvalue weighted by molar-refractivity contribution is -0.130. The number of rotatable bonds is 7. The third kappa shape index (κ3) is 6.92. The molecule has 1 aromatic heterocycles. The summed E-state index contributed by atoms with van der Waals surface area (Å²) >= 11 is 0. The summed E-state index contributed by atoms with van der Waals surface area (Å²) in [6.45, 7) is 14.0. The lowest BCUT2D eigenvalue weighted by Gasteiger charge is -2.28. The van der Waals surface area contributed by atoms with Gasteiger partial charge in [-0.15, -0.1) is 10.2 Å². The van der Waals surface area contributed by atoms with Gasteiger partial charge in [-0.3, -0.25) is 9.74 Å². The van der Waals surface area contributed by atoms with E-state index in [0.29, 0.717) is 31.9 Å². The molecule has 218 valence electrons. The molecule has 3 aliphatic heterocycles. The standard InChI is InChI=1S/C26H42N6O7/c1-8-9-12-36-32-17-10-11-18(30(15-17)23(32)34)20-28-29-21(37-20)19-13-16(27-22(33)38-25(2,3)4)14-31(19)24(35)39-26(5,6)7/h16-19H,8-15H2,1-7H3,(H,27,33)/t16-,17-,18-,19-/m0/s1. The van der Waals surface area contributed by atoms with Gasteiger partial charge in [0.25, 0.3) is 0 Å². The molecule has 0 aliphatic carbocycles. The molecule has 13 nitrogen and oxygen atoms in total. The largest absolute Gasteiger partial charge is 0.444 e. The molecule has 0 radical (unpaired) electrons. The van der Waals surface area contributed by atoms with Crippen LogP contribution in [-0.2, 0) is 14.3 Å². The Balaban J connectivity index is 1.49. The molecule has 1 aromatic rings. The monoisotopic (exact) mass is 550 g/mol. The Morgan fingerprint density at radius 2 is 1.67 bits per heavy atom. The Morgan fingerprint density at radius 1 is 1.00 bits per heavy atom. The summed E-state index contributed by atoms with van der Waals surface area (Å²) in [6.07, 6.45) is 2.51. The molecule has 0 saturated carbocycles. The molecule has 39 heavy (non-hydrogen) atoms. The first kappa shape index (κ1) is 28.9. The minimum atomic E-state index is -0.710. The maximum Gasteiger partial charge on any atom is 0.411 e. The quantitative estimate of drug-likeness (QED) is 0.492. The highest BCUT2D eigenvalue weighted by Gasteiger charge is 2.48. The predicted molar refractivity (Wildman–Crippen MR) is 138 cm³/mol. The number of hydrogen-bond acceptors (Lipinski definition) is 9. The van der Waals surface area contributed by atoms with Crippen molar-refractivity contribution in [3.8, 4) is 0 Å². The molecule has 3 saturated heterocycles. The summed E-state index contributed by atoms with van der Waals surface area (Å²) in [6, 6.07) is -1.58. The van der Waals surface area contributed by atoms with Gasteiger partial charge in [0.05, 0.1) is 18.7 Å². The number of nitrogens with one attached hydrogen (secondary N) is 1. The number of urea groups is 1. The van der Waals surface area contributed by atoms with Crippen LogP contribution in [0.2, 0.25) is 0 Å². The van der Waals surface area contributed by atoms with Crippen molar-refractivity contribution in [1.82, 2.24) is 30.4 Å². The molecule has 3 fully saturated rings. The average molecular weight is 551 g/mol. The lowest BCUT2D eigenvalue weighted by Crippen LogP contribution is -2.42. The number of hydroxylamine groups is 2. The van der Waals surface area contributed by atoms with Gasteiger partial charge in [0.15, 0.2) is 0 Å². The number of piperidine rings is 1. The number of carbonyl (C=O) groups is 3.